The van der Waals surface area contributed by atoms with Crippen LogP contribution in [0.4, 0.5) is 5.69 Å². The van der Waals surface area contributed by atoms with Crippen LogP contribution in [-0.2, 0) is 13.0 Å². The van der Waals surface area contributed by atoms with Gasteiger partial charge in [0.2, 0.25) is 0 Å². The molecule has 5 heteroatoms. The highest BCUT2D eigenvalue weighted by Crippen LogP contribution is 2.34. The number of fused-ring (bicyclic) bond motifs is 1. The first-order valence-corrected chi connectivity index (χ1v) is 7.03. The minimum absolute atomic E-state index is 0.696. The zero-order valence-corrected chi connectivity index (χ0v) is 11.5. The predicted octanol–water partition coefficient (Wildman–Crippen LogP) is 2.36. The Hall–Kier alpha value is -2.69. The molecular formula is C16H15N5. The average Bonchev–Trinajstić information content (AvgIpc) is 3.16. The lowest BCUT2D eigenvalue weighted by Crippen LogP contribution is -2.03. The van der Waals surface area contributed by atoms with Gasteiger partial charge in [0.1, 0.15) is 6.33 Å². The van der Waals surface area contributed by atoms with Crippen LogP contribution in [0.2, 0.25) is 0 Å². The molecular weight excluding hydrogens is 262 g/mol. The van der Waals surface area contributed by atoms with Gasteiger partial charge in [0.15, 0.2) is 0 Å². The van der Waals surface area contributed by atoms with Crippen LogP contribution in [-0.4, -0.2) is 26.1 Å². The number of nitrogens with zero attached hydrogens (tertiary/aromatic N) is 4. The topological polar surface area (TPSA) is 55.6 Å². The first-order valence-electron chi connectivity index (χ1n) is 7.03. The van der Waals surface area contributed by atoms with Crippen LogP contribution in [0.1, 0.15) is 11.3 Å². The normalized spacial score (nSPS) is 13.0. The largest absolute Gasteiger partial charge is 0.384 e. The van der Waals surface area contributed by atoms with E-state index in [1.807, 2.05) is 18.6 Å². The van der Waals surface area contributed by atoms with E-state index in [0.29, 0.717) is 6.54 Å². The minimum Gasteiger partial charge on any atom is -0.384 e. The van der Waals surface area contributed by atoms with Crippen molar-refractivity contribution >= 4 is 5.69 Å². The molecule has 0 bridgehead atoms. The van der Waals surface area contributed by atoms with Crippen LogP contribution >= 0.6 is 0 Å². The molecule has 1 N–H and O–H groups in total. The van der Waals surface area contributed by atoms with Crippen molar-refractivity contribution in [2.24, 2.45) is 0 Å². The summed E-state index contributed by atoms with van der Waals surface area (Å²) in [7, 11) is 0. The highest BCUT2D eigenvalue weighted by molar-refractivity contribution is 5.79. The number of para-hydroxylation sites is 1. The van der Waals surface area contributed by atoms with Gasteiger partial charge in [-0.15, -0.1) is 0 Å². The fourth-order valence-corrected chi connectivity index (χ4v) is 2.81. The third kappa shape index (κ3) is 2.16. The van der Waals surface area contributed by atoms with Gasteiger partial charge in [-0.2, -0.15) is 0 Å². The lowest BCUT2D eigenvalue weighted by molar-refractivity contribution is 0.775. The monoisotopic (exact) mass is 277 g/mol. The Bertz CT molecular complexity index is 763. The predicted molar refractivity (Wildman–Crippen MR) is 81.0 cm³/mol. The lowest BCUT2D eigenvalue weighted by Gasteiger charge is -2.11. The Morgan fingerprint density at radius 1 is 1.19 bits per heavy atom. The molecule has 1 aromatic carbocycles. The molecule has 1 aliphatic rings. The van der Waals surface area contributed by atoms with Crippen molar-refractivity contribution in [2.45, 2.75) is 13.0 Å². The first kappa shape index (κ1) is 12.1. The maximum absolute atomic E-state index is 4.31. The van der Waals surface area contributed by atoms with Gasteiger partial charge < -0.3 is 9.88 Å². The number of hydrogen-bond donors (Lipinski definition) is 1. The van der Waals surface area contributed by atoms with Crippen LogP contribution < -0.4 is 5.32 Å². The third-order valence-corrected chi connectivity index (χ3v) is 3.81. The molecule has 0 saturated heterocycles. The Morgan fingerprint density at radius 2 is 2.19 bits per heavy atom. The van der Waals surface area contributed by atoms with E-state index in [-0.39, 0.29) is 0 Å². The molecule has 0 aliphatic carbocycles. The Labute approximate surface area is 122 Å². The van der Waals surface area contributed by atoms with E-state index in [2.05, 4.69) is 43.0 Å². The molecule has 0 atom stereocenters. The number of nitrogens with one attached hydrogen (secondary N) is 1. The molecule has 5 nitrogen and oxygen atoms in total. The molecule has 0 spiro atoms. The van der Waals surface area contributed by atoms with E-state index >= 15 is 0 Å². The fraction of sp³-hybridized carbons (Fsp3) is 0.188. The van der Waals surface area contributed by atoms with Crippen molar-refractivity contribution in [3.05, 3.63) is 60.6 Å². The van der Waals surface area contributed by atoms with Gasteiger partial charge in [0.05, 0.1) is 30.5 Å². The summed E-state index contributed by atoms with van der Waals surface area (Å²) in [6.07, 6.45) is 8.19. The van der Waals surface area contributed by atoms with Crippen LogP contribution in [0, 0.1) is 0 Å². The maximum atomic E-state index is 4.31. The lowest BCUT2D eigenvalue weighted by atomic mass is 10.1. The summed E-state index contributed by atoms with van der Waals surface area (Å²) in [4.78, 5) is 12.6. The number of hydrogen-bond acceptors (Lipinski definition) is 4. The van der Waals surface area contributed by atoms with Crippen molar-refractivity contribution in [3.8, 4) is 11.3 Å². The molecule has 0 radical (unpaired) electrons. The fourth-order valence-electron chi connectivity index (χ4n) is 2.81. The summed E-state index contributed by atoms with van der Waals surface area (Å²) in [5.41, 5.74) is 5.91. The molecule has 2 aromatic heterocycles. The summed E-state index contributed by atoms with van der Waals surface area (Å²) in [6, 6.07) is 8.37. The smallest absolute Gasteiger partial charge is 0.115 e. The Balaban J connectivity index is 1.75. The van der Waals surface area contributed by atoms with Crippen LogP contribution in [0.5, 0.6) is 0 Å². The van der Waals surface area contributed by atoms with E-state index < -0.39 is 0 Å². The van der Waals surface area contributed by atoms with E-state index in [9.17, 15) is 0 Å². The average molecular weight is 277 g/mol. The standard InChI is InChI=1S/C16H15N5/c1-2-12-4-7-19-16(12)14(3-1)15-8-18-11-21(15)9-13-5-6-17-10-20-13/h1-3,5-6,8,10-11,19H,4,7,9H2. The van der Waals surface area contributed by atoms with Gasteiger partial charge in [-0.05, 0) is 18.1 Å². The van der Waals surface area contributed by atoms with Crippen LogP contribution in [0.25, 0.3) is 11.3 Å². The second kappa shape index (κ2) is 5.01. The van der Waals surface area contributed by atoms with E-state index in [1.165, 1.54) is 16.8 Å². The zero-order chi connectivity index (χ0) is 14.1. The van der Waals surface area contributed by atoms with Crippen molar-refractivity contribution < 1.29 is 0 Å². The van der Waals surface area contributed by atoms with Crippen molar-refractivity contribution in [1.29, 1.82) is 0 Å². The number of benzene rings is 1. The molecule has 21 heavy (non-hydrogen) atoms. The van der Waals surface area contributed by atoms with E-state index in [1.54, 1.807) is 12.5 Å². The van der Waals surface area contributed by atoms with Gasteiger partial charge in [0, 0.05) is 24.0 Å². The van der Waals surface area contributed by atoms with Crippen molar-refractivity contribution in [3.63, 3.8) is 0 Å². The highest BCUT2D eigenvalue weighted by atomic mass is 15.1. The quantitative estimate of drug-likeness (QED) is 0.798. The summed E-state index contributed by atoms with van der Waals surface area (Å²) in [5.74, 6) is 0. The van der Waals surface area contributed by atoms with E-state index in [4.69, 9.17) is 0 Å². The van der Waals surface area contributed by atoms with Crippen LogP contribution in [0.3, 0.4) is 0 Å². The van der Waals surface area contributed by atoms with Gasteiger partial charge in [0.25, 0.3) is 0 Å². The first-order chi connectivity index (χ1) is 10.4. The zero-order valence-electron chi connectivity index (χ0n) is 11.5. The molecule has 0 fully saturated rings. The van der Waals surface area contributed by atoms with Gasteiger partial charge in [-0.25, -0.2) is 15.0 Å². The second-order valence-corrected chi connectivity index (χ2v) is 5.12. The number of imidazole rings is 1. The molecule has 0 amide bonds. The Kier molecular flexibility index (Phi) is 2.88. The van der Waals surface area contributed by atoms with Gasteiger partial charge in [-0.3, -0.25) is 0 Å². The number of aromatic nitrogens is 4. The molecule has 4 rings (SSSR count). The highest BCUT2D eigenvalue weighted by Gasteiger charge is 2.17. The van der Waals surface area contributed by atoms with Crippen molar-refractivity contribution in [2.75, 3.05) is 11.9 Å². The van der Waals surface area contributed by atoms with Gasteiger partial charge in [-0.1, -0.05) is 18.2 Å². The summed E-state index contributed by atoms with van der Waals surface area (Å²) < 4.78 is 2.12. The Morgan fingerprint density at radius 3 is 3.10 bits per heavy atom. The molecule has 0 unspecified atom stereocenters. The van der Waals surface area contributed by atoms with E-state index in [0.717, 1.165) is 24.4 Å². The SMILES string of the molecule is c1cc2c(c(-c3cncn3Cc3ccncn3)c1)NCC2. The second-order valence-electron chi connectivity index (χ2n) is 5.12. The minimum atomic E-state index is 0.696. The maximum Gasteiger partial charge on any atom is 0.115 e. The van der Waals surface area contributed by atoms with Gasteiger partial charge >= 0.3 is 0 Å². The van der Waals surface area contributed by atoms with Crippen molar-refractivity contribution in [1.82, 2.24) is 19.5 Å². The summed E-state index contributed by atoms with van der Waals surface area (Å²) >= 11 is 0. The third-order valence-electron chi connectivity index (χ3n) is 3.81. The number of anilines is 1. The van der Waals surface area contributed by atoms with Crippen LogP contribution in [0.15, 0.2) is 49.3 Å². The summed E-state index contributed by atoms with van der Waals surface area (Å²) in [5, 5.41) is 3.48. The molecule has 3 aromatic rings. The molecule has 0 saturated carbocycles. The number of rotatable bonds is 3. The molecule has 1 aliphatic heterocycles. The summed E-state index contributed by atoms with van der Waals surface area (Å²) in [6.45, 7) is 1.70. The molecule has 3 heterocycles. The molecule has 104 valence electrons.